The van der Waals surface area contributed by atoms with Gasteiger partial charge in [-0.1, -0.05) is 24.3 Å². The van der Waals surface area contributed by atoms with E-state index in [4.69, 9.17) is 9.47 Å². The van der Waals surface area contributed by atoms with E-state index in [9.17, 15) is 9.59 Å². The van der Waals surface area contributed by atoms with Gasteiger partial charge in [-0.25, -0.2) is 10.2 Å². The monoisotopic (exact) mass is 404 g/mol. The minimum Gasteiger partial charge on any atom is -0.481 e. The standard InChI is InChI=1S/C18H17BrN2O4/c1-2-24-17(22)12-25-16-10-6-3-7-13(16)11-20-21-18(23)14-8-4-5-9-15(14)19/h3-11H,2,12H2,1H3,(H,21,23). The summed E-state index contributed by atoms with van der Waals surface area (Å²) in [6.45, 7) is 1.83. The molecule has 0 atom stereocenters. The fraction of sp³-hybridized carbons (Fsp3) is 0.167. The molecule has 0 unspecified atom stereocenters. The van der Waals surface area contributed by atoms with Gasteiger partial charge in [-0.2, -0.15) is 5.10 Å². The van der Waals surface area contributed by atoms with Crippen molar-refractivity contribution in [2.24, 2.45) is 5.10 Å². The van der Waals surface area contributed by atoms with Gasteiger partial charge in [0.25, 0.3) is 5.91 Å². The highest BCUT2D eigenvalue weighted by Gasteiger charge is 2.08. The second-order valence-corrected chi connectivity index (χ2v) is 5.66. The summed E-state index contributed by atoms with van der Waals surface area (Å²) in [4.78, 5) is 23.5. The van der Waals surface area contributed by atoms with Crippen molar-refractivity contribution in [1.82, 2.24) is 5.43 Å². The number of esters is 1. The molecule has 0 aliphatic carbocycles. The molecule has 7 heteroatoms. The topological polar surface area (TPSA) is 77.0 Å². The van der Waals surface area contributed by atoms with Crippen LogP contribution in [0.4, 0.5) is 0 Å². The quantitative estimate of drug-likeness (QED) is 0.436. The molecule has 0 fully saturated rings. The second-order valence-electron chi connectivity index (χ2n) is 4.81. The van der Waals surface area contributed by atoms with Gasteiger partial charge >= 0.3 is 5.97 Å². The molecule has 2 rings (SSSR count). The van der Waals surface area contributed by atoms with Gasteiger partial charge in [-0.05, 0) is 47.1 Å². The zero-order valence-electron chi connectivity index (χ0n) is 13.6. The highest BCUT2D eigenvalue weighted by Crippen LogP contribution is 2.17. The number of nitrogens with zero attached hydrogens (tertiary/aromatic N) is 1. The first-order chi connectivity index (χ1) is 12.1. The summed E-state index contributed by atoms with van der Waals surface area (Å²) in [7, 11) is 0. The number of benzene rings is 2. The Labute approximate surface area is 154 Å². The van der Waals surface area contributed by atoms with E-state index >= 15 is 0 Å². The third kappa shape index (κ3) is 5.72. The van der Waals surface area contributed by atoms with Crippen molar-refractivity contribution >= 4 is 34.0 Å². The van der Waals surface area contributed by atoms with E-state index in [-0.39, 0.29) is 12.5 Å². The maximum atomic E-state index is 12.1. The molecule has 130 valence electrons. The van der Waals surface area contributed by atoms with Gasteiger partial charge < -0.3 is 9.47 Å². The van der Waals surface area contributed by atoms with E-state index in [1.165, 1.54) is 6.21 Å². The number of amides is 1. The molecular weight excluding hydrogens is 388 g/mol. The molecular formula is C18H17BrN2O4. The number of nitrogens with one attached hydrogen (secondary N) is 1. The van der Waals surface area contributed by atoms with E-state index in [1.807, 2.05) is 6.07 Å². The van der Waals surface area contributed by atoms with Gasteiger partial charge in [0.15, 0.2) is 6.61 Å². The molecule has 2 aromatic carbocycles. The Hall–Kier alpha value is -2.67. The molecule has 1 N–H and O–H groups in total. The first kappa shape index (κ1) is 18.7. The van der Waals surface area contributed by atoms with Crippen molar-refractivity contribution < 1.29 is 19.1 Å². The van der Waals surface area contributed by atoms with E-state index in [0.29, 0.717) is 28.0 Å². The van der Waals surface area contributed by atoms with Crippen LogP contribution in [0.1, 0.15) is 22.8 Å². The Bertz CT molecular complexity index is 777. The fourth-order valence-electron chi connectivity index (χ4n) is 1.92. The van der Waals surface area contributed by atoms with Gasteiger partial charge in [0.2, 0.25) is 0 Å². The third-order valence-electron chi connectivity index (χ3n) is 3.06. The largest absolute Gasteiger partial charge is 0.481 e. The van der Waals surface area contributed by atoms with Crippen molar-refractivity contribution in [3.8, 4) is 5.75 Å². The first-order valence-electron chi connectivity index (χ1n) is 7.57. The van der Waals surface area contributed by atoms with Crippen molar-refractivity contribution in [2.75, 3.05) is 13.2 Å². The van der Waals surface area contributed by atoms with Gasteiger partial charge in [-0.15, -0.1) is 0 Å². The Kier molecular flexibility index (Phi) is 7.16. The molecule has 2 aromatic rings. The number of halogens is 1. The van der Waals surface area contributed by atoms with E-state index in [0.717, 1.165) is 0 Å². The molecule has 6 nitrogen and oxygen atoms in total. The average molecular weight is 405 g/mol. The molecule has 0 saturated carbocycles. The van der Waals surface area contributed by atoms with Crippen LogP contribution in [0.25, 0.3) is 0 Å². The molecule has 0 saturated heterocycles. The van der Waals surface area contributed by atoms with Gasteiger partial charge in [-0.3, -0.25) is 4.79 Å². The number of hydrazone groups is 1. The molecule has 0 aliphatic heterocycles. The predicted octanol–water partition coefficient (Wildman–Crippen LogP) is 3.15. The lowest BCUT2D eigenvalue weighted by Crippen LogP contribution is -2.18. The highest BCUT2D eigenvalue weighted by atomic mass is 79.9. The second kappa shape index (κ2) is 9.58. The molecule has 0 aromatic heterocycles. The number of carbonyl (C=O) groups is 2. The molecule has 1 amide bonds. The van der Waals surface area contributed by atoms with Crippen LogP contribution in [0.15, 0.2) is 58.1 Å². The summed E-state index contributed by atoms with van der Waals surface area (Å²) in [5.74, 6) is -0.320. The number of ether oxygens (including phenoxy) is 2. The Balaban J connectivity index is 2.00. The van der Waals surface area contributed by atoms with Crippen LogP contribution in [0.3, 0.4) is 0 Å². The number of para-hydroxylation sites is 1. The number of rotatable bonds is 7. The van der Waals surface area contributed by atoms with Crippen LogP contribution in [0.5, 0.6) is 5.75 Å². The molecule has 25 heavy (non-hydrogen) atoms. The van der Waals surface area contributed by atoms with Gasteiger partial charge in [0.05, 0.1) is 18.4 Å². The SMILES string of the molecule is CCOC(=O)COc1ccccc1C=NNC(=O)c1ccccc1Br. The Morgan fingerprint density at radius 2 is 1.88 bits per heavy atom. The molecule has 0 spiro atoms. The summed E-state index contributed by atoms with van der Waals surface area (Å²) >= 11 is 3.32. The van der Waals surface area contributed by atoms with Crippen molar-refractivity contribution in [2.45, 2.75) is 6.92 Å². The number of carbonyl (C=O) groups excluding carboxylic acids is 2. The number of hydrogen-bond acceptors (Lipinski definition) is 5. The molecule has 0 bridgehead atoms. The minimum absolute atomic E-state index is 0.192. The first-order valence-corrected chi connectivity index (χ1v) is 8.36. The van der Waals surface area contributed by atoms with Crippen LogP contribution in [0, 0.1) is 0 Å². The minimum atomic E-state index is -0.448. The lowest BCUT2D eigenvalue weighted by Gasteiger charge is -2.08. The van der Waals surface area contributed by atoms with E-state index < -0.39 is 5.97 Å². The molecule has 0 radical (unpaired) electrons. The highest BCUT2D eigenvalue weighted by molar-refractivity contribution is 9.10. The summed E-state index contributed by atoms with van der Waals surface area (Å²) in [6, 6.07) is 14.1. The summed E-state index contributed by atoms with van der Waals surface area (Å²) in [6.07, 6.45) is 1.45. The maximum Gasteiger partial charge on any atom is 0.344 e. The van der Waals surface area contributed by atoms with Gasteiger partial charge in [0.1, 0.15) is 5.75 Å². The average Bonchev–Trinajstić information content (AvgIpc) is 2.61. The lowest BCUT2D eigenvalue weighted by atomic mass is 10.2. The van der Waals surface area contributed by atoms with Crippen LogP contribution in [0.2, 0.25) is 0 Å². The summed E-state index contributed by atoms with van der Waals surface area (Å²) in [5.41, 5.74) is 3.56. The van der Waals surface area contributed by atoms with E-state index in [2.05, 4.69) is 26.5 Å². The predicted molar refractivity (Wildman–Crippen MR) is 97.8 cm³/mol. The van der Waals surface area contributed by atoms with Crippen LogP contribution >= 0.6 is 15.9 Å². The van der Waals surface area contributed by atoms with Crippen molar-refractivity contribution in [3.05, 3.63) is 64.1 Å². The van der Waals surface area contributed by atoms with Crippen LogP contribution in [-0.4, -0.2) is 31.3 Å². The van der Waals surface area contributed by atoms with Crippen LogP contribution in [-0.2, 0) is 9.53 Å². The Morgan fingerprint density at radius 1 is 1.16 bits per heavy atom. The van der Waals surface area contributed by atoms with Gasteiger partial charge in [0, 0.05) is 10.0 Å². The zero-order valence-corrected chi connectivity index (χ0v) is 15.2. The van der Waals surface area contributed by atoms with Crippen LogP contribution < -0.4 is 10.2 Å². The normalized spacial score (nSPS) is 10.5. The molecule has 0 heterocycles. The Morgan fingerprint density at radius 3 is 2.64 bits per heavy atom. The molecule has 0 aliphatic rings. The van der Waals surface area contributed by atoms with Crippen molar-refractivity contribution in [3.63, 3.8) is 0 Å². The van der Waals surface area contributed by atoms with E-state index in [1.54, 1.807) is 49.4 Å². The lowest BCUT2D eigenvalue weighted by molar-refractivity contribution is -0.145. The number of hydrogen-bond donors (Lipinski definition) is 1. The smallest absolute Gasteiger partial charge is 0.344 e. The van der Waals surface area contributed by atoms with Crippen molar-refractivity contribution in [1.29, 1.82) is 0 Å². The summed E-state index contributed by atoms with van der Waals surface area (Å²) in [5, 5.41) is 3.94. The third-order valence-corrected chi connectivity index (χ3v) is 3.75. The zero-order chi connectivity index (χ0) is 18.1. The summed E-state index contributed by atoms with van der Waals surface area (Å²) < 4.78 is 10.9. The maximum absolute atomic E-state index is 12.1. The fourth-order valence-corrected chi connectivity index (χ4v) is 2.39.